The van der Waals surface area contributed by atoms with E-state index in [0.29, 0.717) is 6.61 Å². The summed E-state index contributed by atoms with van der Waals surface area (Å²) >= 11 is 5.12. The normalized spacial score (nSPS) is 18.6. The molecule has 1 rings (SSSR count). The van der Waals surface area contributed by atoms with E-state index in [0.717, 1.165) is 18.0 Å². The number of hydrogen-bond acceptors (Lipinski definition) is 2. The molecule has 1 aliphatic heterocycles. The van der Waals surface area contributed by atoms with Gasteiger partial charge >= 0.3 is 0 Å². The zero-order chi connectivity index (χ0) is 8.10. The van der Waals surface area contributed by atoms with Crippen LogP contribution >= 0.6 is 12.2 Å². The monoisotopic (exact) mass is 171 g/mol. The van der Waals surface area contributed by atoms with Crippen molar-refractivity contribution >= 4 is 17.2 Å². The SMILES string of the molecule is COC/C=C\N1CCCC1=S. The third-order valence-corrected chi connectivity index (χ3v) is 2.10. The van der Waals surface area contributed by atoms with Crippen LogP contribution in [0.1, 0.15) is 12.8 Å². The average molecular weight is 171 g/mol. The van der Waals surface area contributed by atoms with Crippen molar-refractivity contribution < 1.29 is 4.74 Å². The fraction of sp³-hybridized carbons (Fsp3) is 0.625. The molecule has 11 heavy (non-hydrogen) atoms. The lowest BCUT2D eigenvalue weighted by Gasteiger charge is -2.10. The van der Waals surface area contributed by atoms with Crippen LogP contribution in [0.4, 0.5) is 0 Å². The van der Waals surface area contributed by atoms with Crippen molar-refractivity contribution in [2.45, 2.75) is 12.8 Å². The smallest absolute Gasteiger partial charge is 0.0819 e. The molecule has 0 aliphatic carbocycles. The van der Waals surface area contributed by atoms with E-state index in [-0.39, 0.29) is 0 Å². The third-order valence-electron chi connectivity index (χ3n) is 1.66. The lowest BCUT2D eigenvalue weighted by atomic mass is 10.4. The van der Waals surface area contributed by atoms with Crippen LogP contribution < -0.4 is 0 Å². The van der Waals surface area contributed by atoms with Gasteiger partial charge in [-0.05, 0) is 18.9 Å². The fourth-order valence-electron chi connectivity index (χ4n) is 1.09. The summed E-state index contributed by atoms with van der Waals surface area (Å²) < 4.78 is 4.88. The summed E-state index contributed by atoms with van der Waals surface area (Å²) in [5.41, 5.74) is 0. The summed E-state index contributed by atoms with van der Waals surface area (Å²) in [5, 5.41) is 0. The number of hydrogen-bond donors (Lipinski definition) is 0. The van der Waals surface area contributed by atoms with E-state index in [4.69, 9.17) is 17.0 Å². The minimum absolute atomic E-state index is 0.666. The molecule has 3 heteroatoms. The number of ether oxygens (including phenoxy) is 1. The molecule has 0 bridgehead atoms. The highest BCUT2D eigenvalue weighted by Crippen LogP contribution is 2.11. The second-order valence-corrected chi connectivity index (χ2v) is 3.00. The Morgan fingerprint density at radius 1 is 1.73 bits per heavy atom. The summed E-state index contributed by atoms with van der Waals surface area (Å²) in [5.74, 6) is 0. The molecule has 1 heterocycles. The Hall–Kier alpha value is -0.410. The van der Waals surface area contributed by atoms with Crippen molar-refractivity contribution in [1.82, 2.24) is 4.90 Å². The van der Waals surface area contributed by atoms with Gasteiger partial charge in [-0.1, -0.05) is 12.2 Å². The second kappa shape index (κ2) is 4.46. The van der Waals surface area contributed by atoms with Crippen molar-refractivity contribution in [2.75, 3.05) is 20.3 Å². The van der Waals surface area contributed by atoms with Gasteiger partial charge in [0.2, 0.25) is 0 Å². The maximum atomic E-state index is 5.12. The van der Waals surface area contributed by atoms with Gasteiger partial charge in [-0.2, -0.15) is 0 Å². The molecule has 1 fully saturated rings. The largest absolute Gasteiger partial charge is 0.381 e. The molecule has 0 atom stereocenters. The van der Waals surface area contributed by atoms with Crippen molar-refractivity contribution in [1.29, 1.82) is 0 Å². The molecule has 0 aromatic heterocycles. The molecule has 1 aliphatic rings. The molecular formula is C8H13NOS. The predicted molar refractivity (Wildman–Crippen MR) is 49.6 cm³/mol. The maximum Gasteiger partial charge on any atom is 0.0819 e. The number of rotatable bonds is 3. The molecule has 0 unspecified atom stereocenters. The maximum absolute atomic E-state index is 5.12. The van der Waals surface area contributed by atoms with Crippen LogP contribution in [0.3, 0.4) is 0 Å². The molecule has 0 saturated carbocycles. The van der Waals surface area contributed by atoms with Gasteiger partial charge in [0.25, 0.3) is 0 Å². The van der Waals surface area contributed by atoms with Crippen LogP contribution in [-0.2, 0) is 4.74 Å². The van der Waals surface area contributed by atoms with Crippen LogP contribution in [0.5, 0.6) is 0 Å². The third kappa shape index (κ3) is 2.60. The van der Waals surface area contributed by atoms with Crippen LogP contribution in [0.2, 0.25) is 0 Å². The lowest BCUT2D eigenvalue weighted by Crippen LogP contribution is -2.15. The first-order valence-corrected chi connectivity index (χ1v) is 4.20. The van der Waals surface area contributed by atoms with Gasteiger partial charge in [-0.15, -0.1) is 0 Å². The van der Waals surface area contributed by atoms with Crippen LogP contribution in [0, 0.1) is 0 Å². The molecule has 0 aromatic rings. The molecule has 0 aromatic carbocycles. The van der Waals surface area contributed by atoms with Crippen LogP contribution in [0.15, 0.2) is 12.3 Å². The van der Waals surface area contributed by atoms with Crippen LogP contribution in [0.25, 0.3) is 0 Å². The van der Waals surface area contributed by atoms with E-state index in [1.54, 1.807) is 7.11 Å². The quantitative estimate of drug-likeness (QED) is 0.598. The highest BCUT2D eigenvalue weighted by atomic mass is 32.1. The van der Waals surface area contributed by atoms with E-state index >= 15 is 0 Å². The standard InChI is InChI=1S/C8H13NOS/c1-10-7-3-6-9-5-2-4-8(9)11/h3,6H,2,4-5,7H2,1H3/b6-3-. The first-order chi connectivity index (χ1) is 5.34. The molecule has 0 spiro atoms. The van der Waals surface area contributed by atoms with E-state index < -0.39 is 0 Å². The van der Waals surface area contributed by atoms with Gasteiger partial charge in [0.15, 0.2) is 0 Å². The zero-order valence-corrected chi connectivity index (χ0v) is 7.56. The minimum Gasteiger partial charge on any atom is -0.381 e. The van der Waals surface area contributed by atoms with E-state index in [2.05, 4.69) is 4.90 Å². The zero-order valence-electron chi connectivity index (χ0n) is 6.75. The summed E-state index contributed by atoms with van der Waals surface area (Å²) in [7, 11) is 1.69. The van der Waals surface area contributed by atoms with Crippen molar-refractivity contribution in [3.63, 3.8) is 0 Å². The Balaban J connectivity index is 2.30. The van der Waals surface area contributed by atoms with Gasteiger partial charge in [0.1, 0.15) is 0 Å². The lowest BCUT2D eigenvalue weighted by molar-refractivity contribution is 0.233. The first-order valence-electron chi connectivity index (χ1n) is 3.79. The molecule has 0 amide bonds. The fourth-order valence-corrected chi connectivity index (χ4v) is 1.39. The molecule has 0 N–H and O–H groups in total. The summed E-state index contributed by atoms with van der Waals surface area (Å²) in [6.07, 6.45) is 6.25. The minimum atomic E-state index is 0.666. The van der Waals surface area contributed by atoms with Gasteiger partial charge in [0.05, 0.1) is 11.6 Å². The highest BCUT2D eigenvalue weighted by Gasteiger charge is 2.12. The van der Waals surface area contributed by atoms with E-state index in [9.17, 15) is 0 Å². The van der Waals surface area contributed by atoms with Crippen molar-refractivity contribution in [2.24, 2.45) is 0 Å². The van der Waals surface area contributed by atoms with Gasteiger partial charge < -0.3 is 9.64 Å². The Morgan fingerprint density at radius 3 is 3.09 bits per heavy atom. The number of thiocarbonyl (C=S) groups is 1. The van der Waals surface area contributed by atoms with Gasteiger partial charge in [0, 0.05) is 19.9 Å². The molecule has 2 nitrogen and oxygen atoms in total. The van der Waals surface area contributed by atoms with E-state index in [1.165, 1.54) is 6.42 Å². The Morgan fingerprint density at radius 2 is 2.55 bits per heavy atom. The van der Waals surface area contributed by atoms with E-state index in [1.807, 2.05) is 12.3 Å². The number of methoxy groups -OCH3 is 1. The molecule has 62 valence electrons. The average Bonchev–Trinajstić information content (AvgIpc) is 2.37. The molecular weight excluding hydrogens is 158 g/mol. The Kier molecular flexibility index (Phi) is 3.52. The topological polar surface area (TPSA) is 12.5 Å². The second-order valence-electron chi connectivity index (χ2n) is 2.53. The summed E-state index contributed by atoms with van der Waals surface area (Å²) in [6, 6.07) is 0. The molecule has 0 radical (unpaired) electrons. The van der Waals surface area contributed by atoms with Crippen molar-refractivity contribution in [3.05, 3.63) is 12.3 Å². The highest BCUT2D eigenvalue weighted by molar-refractivity contribution is 7.80. The predicted octanol–water partition coefficient (Wildman–Crippen LogP) is 1.57. The molecule has 1 saturated heterocycles. The van der Waals surface area contributed by atoms with Crippen molar-refractivity contribution in [3.8, 4) is 0 Å². The summed E-state index contributed by atoms with van der Waals surface area (Å²) in [6.45, 7) is 1.73. The number of likely N-dealkylation sites (tertiary alicyclic amines) is 1. The first kappa shape index (κ1) is 8.68. The van der Waals surface area contributed by atoms with Gasteiger partial charge in [-0.25, -0.2) is 0 Å². The van der Waals surface area contributed by atoms with Gasteiger partial charge in [-0.3, -0.25) is 0 Å². The number of nitrogens with zero attached hydrogens (tertiary/aromatic N) is 1. The summed E-state index contributed by atoms with van der Waals surface area (Å²) in [4.78, 5) is 3.16. The Bertz CT molecular complexity index is 167. The Labute approximate surface area is 72.8 Å². The van der Waals surface area contributed by atoms with Crippen LogP contribution in [-0.4, -0.2) is 30.1 Å².